The molecule has 1 aliphatic rings. The number of hydrogen-bond donors (Lipinski definition) is 3. The molecule has 0 unspecified atom stereocenters. The number of rotatable bonds is 4. The van der Waals surface area contributed by atoms with Gasteiger partial charge in [0.15, 0.2) is 11.5 Å². The molecule has 1 fully saturated rings. The van der Waals surface area contributed by atoms with Crippen LogP contribution in [0.2, 0.25) is 0 Å². The van der Waals surface area contributed by atoms with Gasteiger partial charge in [-0.25, -0.2) is 28.7 Å². The Labute approximate surface area is 273 Å². The number of carboxylic acids is 3. The van der Waals surface area contributed by atoms with Gasteiger partial charge >= 0.3 is 36.4 Å². The van der Waals surface area contributed by atoms with Crippen LogP contribution in [0.4, 0.5) is 49.7 Å². The van der Waals surface area contributed by atoms with Gasteiger partial charge in [0, 0.05) is 63.1 Å². The van der Waals surface area contributed by atoms with Crippen LogP contribution in [0.15, 0.2) is 67.4 Å². The highest BCUT2D eigenvalue weighted by Crippen LogP contribution is 2.26. The number of benzene rings is 1. The van der Waals surface area contributed by atoms with Gasteiger partial charge in [-0.05, 0) is 29.8 Å². The molecular weight excluding hydrogens is 706 g/mol. The smallest absolute Gasteiger partial charge is 0.475 e. The number of carbonyl (C=O) groups is 3. The van der Waals surface area contributed by atoms with Gasteiger partial charge in [-0.2, -0.15) is 39.5 Å². The highest BCUT2D eigenvalue weighted by molar-refractivity contribution is 5.74. The minimum absolute atomic E-state index is 0.253. The van der Waals surface area contributed by atoms with Gasteiger partial charge in [-0.15, -0.1) is 0 Å². The Kier molecular flexibility index (Phi) is 14.0. The number of alkyl halides is 9. The van der Waals surface area contributed by atoms with Crippen LogP contribution in [-0.2, 0) is 20.9 Å². The van der Waals surface area contributed by atoms with Crippen LogP contribution in [0.3, 0.4) is 0 Å². The maximum Gasteiger partial charge on any atom is 0.490 e. The van der Waals surface area contributed by atoms with E-state index in [0.29, 0.717) is 0 Å². The van der Waals surface area contributed by atoms with Gasteiger partial charge in [0.1, 0.15) is 5.82 Å². The molecule has 1 saturated heterocycles. The predicted octanol–water partition coefficient (Wildman–Crippen LogP) is 5.15. The summed E-state index contributed by atoms with van der Waals surface area (Å²) >= 11 is 0. The first-order valence-corrected chi connectivity index (χ1v) is 13.5. The Morgan fingerprint density at radius 2 is 1.22 bits per heavy atom. The van der Waals surface area contributed by atoms with E-state index < -0.39 is 36.4 Å². The zero-order chi connectivity index (χ0) is 37.9. The van der Waals surface area contributed by atoms with Crippen molar-refractivity contribution < 1.29 is 73.6 Å². The fraction of sp³-hybridized carbons (Fsp3) is 0.286. The van der Waals surface area contributed by atoms with Crippen molar-refractivity contribution in [3.05, 3.63) is 78.8 Å². The number of fused-ring (bicyclic) bond motifs is 1. The summed E-state index contributed by atoms with van der Waals surface area (Å²) in [5.41, 5.74) is 3.74. The molecule has 0 atom stereocenters. The van der Waals surface area contributed by atoms with Crippen molar-refractivity contribution in [3.8, 4) is 11.3 Å². The van der Waals surface area contributed by atoms with E-state index in [1.807, 2.05) is 29.1 Å². The molecule has 12 nitrogen and oxygen atoms in total. The lowest BCUT2D eigenvalue weighted by Gasteiger charge is -2.35. The van der Waals surface area contributed by atoms with Gasteiger partial charge in [0.05, 0.1) is 11.9 Å². The summed E-state index contributed by atoms with van der Waals surface area (Å²) in [4.78, 5) is 44.7. The van der Waals surface area contributed by atoms with Crippen LogP contribution in [-0.4, -0.2) is 102 Å². The number of aliphatic carboxylic acids is 3. The summed E-state index contributed by atoms with van der Waals surface area (Å²) in [6, 6.07) is 10.7. The molecule has 5 rings (SSSR count). The number of halogens is 10. The molecule has 0 bridgehead atoms. The van der Waals surface area contributed by atoms with Crippen LogP contribution in [0, 0.1) is 5.82 Å². The van der Waals surface area contributed by atoms with Crippen LogP contribution in [0.25, 0.3) is 16.9 Å². The zero-order valence-corrected chi connectivity index (χ0v) is 24.9. The van der Waals surface area contributed by atoms with Crippen molar-refractivity contribution >= 4 is 29.4 Å². The second-order valence-electron chi connectivity index (χ2n) is 9.63. The van der Waals surface area contributed by atoms with Gasteiger partial charge in [-0.3, -0.25) is 14.3 Å². The molecule has 1 aromatic carbocycles. The molecule has 1 aliphatic heterocycles. The number of pyridine rings is 1. The lowest BCUT2D eigenvalue weighted by atomic mass is 10.1. The van der Waals surface area contributed by atoms with E-state index >= 15 is 0 Å². The van der Waals surface area contributed by atoms with Crippen LogP contribution >= 0.6 is 0 Å². The summed E-state index contributed by atoms with van der Waals surface area (Å²) in [6.45, 7) is 4.63. The summed E-state index contributed by atoms with van der Waals surface area (Å²) in [7, 11) is 0. The third-order valence-electron chi connectivity index (χ3n) is 6.08. The molecule has 0 amide bonds. The molecule has 4 heterocycles. The number of imidazole rings is 1. The number of hydrogen-bond acceptors (Lipinski definition) is 8. The van der Waals surface area contributed by atoms with Crippen molar-refractivity contribution in [2.75, 3.05) is 31.1 Å². The molecule has 0 saturated carbocycles. The third kappa shape index (κ3) is 12.8. The van der Waals surface area contributed by atoms with Gasteiger partial charge in [-0.1, -0.05) is 12.1 Å². The Bertz CT molecular complexity index is 1670. The molecular formula is C28H24F10N6O6. The summed E-state index contributed by atoms with van der Waals surface area (Å²) in [5, 5.41) is 21.4. The highest BCUT2D eigenvalue weighted by atomic mass is 19.4. The average molecular weight is 731 g/mol. The fourth-order valence-corrected chi connectivity index (χ4v) is 3.85. The first-order chi connectivity index (χ1) is 23.1. The van der Waals surface area contributed by atoms with E-state index in [-0.39, 0.29) is 5.82 Å². The molecule has 272 valence electrons. The van der Waals surface area contributed by atoms with E-state index in [9.17, 15) is 43.9 Å². The van der Waals surface area contributed by atoms with Crippen molar-refractivity contribution in [3.63, 3.8) is 0 Å². The Morgan fingerprint density at radius 1 is 0.720 bits per heavy atom. The van der Waals surface area contributed by atoms with E-state index in [0.717, 1.165) is 55.4 Å². The lowest BCUT2D eigenvalue weighted by Crippen LogP contribution is -2.46. The monoisotopic (exact) mass is 730 g/mol. The molecule has 22 heteroatoms. The van der Waals surface area contributed by atoms with E-state index in [1.54, 1.807) is 18.5 Å². The minimum atomic E-state index is -5.08. The standard InChI is InChI=1S/C22H21FN6.3C2HF3O2/c23-19-3-1-2-18(14-19)20-15-26-22-21(25-8-9-29(20)22)28-12-10-27(11-13-28)16-17-4-6-24-7-5-17;3*3-2(4,5)1(6)7/h1-9,14-15H,10-13,16H2;3*(H,6,7). The van der Waals surface area contributed by atoms with Gasteiger partial charge in [0.25, 0.3) is 0 Å². The quantitative estimate of drug-likeness (QED) is 0.238. The Balaban J connectivity index is 0.000000338. The molecule has 3 aromatic heterocycles. The number of piperazine rings is 1. The Hall–Kier alpha value is -5.54. The average Bonchev–Trinajstić information content (AvgIpc) is 3.46. The maximum absolute atomic E-state index is 13.7. The first-order valence-electron chi connectivity index (χ1n) is 13.5. The highest BCUT2D eigenvalue weighted by Gasteiger charge is 2.39. The molecule has 50 heavy (non-hydrogen) atoms. The molecule has 0 radical (unpaired) electrons. The summed E-state index contributed by atoms with van der Waals surface area (Å²) in [6.07, 6.45) is -6.12. The third-order valence-corrected chi connectivity index (χ3v) is 6.08. The van der Waals surface area contributed by atoms with E-state index in [4.69, 9.17) is 29.7 Å². The second kappa shape index (κ2) is 17.2. The van der Waals surface area contributed by atoms with Crippen LogP contribution < -0.4 is 4.90 Å². The molecule has 4 aromatic rings. The lowest BCUT2D eigenvalue weighted by molar-refractivity contribution is -0.193. The predicted molar refractivity (Wildman–Crippen MR) is 151 cm³/mol. The zero-order valence-electron chi connectivity index (χ0n) is 24.9. The largest absolute Gasteiger partial charge is 0.490 e. The number of aromatic nitrogens is 4. The summed E-state index contributed by atoms with van der Waals surface area (Å²) < 4.78 is 111. The van der Waals surface area contributed by atoms with Crippen LogP contribution in [0.1, 0.15) is 5.56 Å². The summed E-state index contributed by atoms with van der Waals surface area (Å²) in [5.74, 6) is -7.65. The topological polar surface area (TPSA) is 161 Å². The molecule has 3 N–H and O–H groups in total. The van der Waals surface area contributed by atoms with Crippen LogP contribution in [0.5, 0.6) is 0 Å². The Morgan fingerprint density at radius 3 is 1.68 bits per heavy atom. The first kappa shape index (κ1) is 40.6. The van der Waals surface area contributed by atoms with Crippen molar-refractivity contribution in [1.29, 1.82) is 0 Å². The normalized spacial score (nSPS) is 13.5. The second-order valence-corrected chi connectivity index (χ2v) is 9.63. The number of carboxylic acid groups (broad SMARTS) is 3. The number of nitrogens with zero attached hydrogens (tertiary/aromatic N) is 6. The van der Waals surface area contributed by atoms with Crippen molar-refractivity contribution in [1.82, 2.24) is 24.3 Å². The molecule has 0 spiro atoms. The van der Waals surface area contributed by atoms with Crippen molar-refractivity contribution in [2.24, 2.45) is 0 Å². The van der Waals surface area contributed by atoms with E-state index in [2.05, 4.69) is 36.9 Å². The van der Waals surface area contributed by atoms with E-state index in [1.165, 1.54) is 17.7 Å². The number of anilines is 1. The van der Waals surface area contributed by atoms with Gasteiger partial charge in [0.2, 0.25) is 0 Å². The maximum atomic E-state index is 13.7. The van der Waals surface area contributed by atoms with Gasteiger partial charge < -0.3 is 20.2 Å². The van der Waals surface area contributed by atoms with Crippen molar-refractivity contribution in [2.45, 2.75) is 25.1 Å². The minimum Gasteiger partial charge on any atom is -0.475 e. The molecule has 0 aliphatic carbocycles. The SMILES string of the molecule is Fc1cccc(-c2cnc3c(N4CCN(Cc5ccncc5)CC4)nccn23)c1.O=C(O)C(F)(F)F.O=C(O)C(F)(F)F.O=C(O)C(F)(F)F. The fourth-order valence-electron chi connectivity index (χ4n) is 3.85.